The number of carbonyl (C=O) groups is 1. The van der Waals surface area contributed by atoms with E-state index in [1.807, 2.05) is 0 Å². The summed E-state index contributed by atoms with van der Waals surface area (Å²) in [5.74, 6) is 1.80. The van der Waals surface area contributed by atoms with Crippen LogP contribution in [0.4, 0.5) is 0 Å². The van der Waals surface area contributed by atoms with E-state index in [-0.39, 0.29) is 17.2 Å². The molecule has 6 nitrogen and oxygen atoms in total. The van der Waals surface area contributed by atoms with E-state index in [4.69, 9.17) is 15.9 Å². The number of carboxylic acids is 1. The number of hydrogen-bond acceptors (Lipinski definition) is 5. The lowest BCUT2D eigenvalue weighted by Gasteiger charge is -2.04. The first-order valence-electron chi connectivity index (χ1n) is 5.23. The third-order valence-electron chi connectivity index (χ3n) is 2.10. The molecular formula is C11H13NO5S2. The molecule has 0 bridgehead atoms. The van der Waals surface area contributed by atoms with Crippen LogP contribution in [0.5, 0.6) is 0 Å². The Balaban J connectivity index is 2.72. The molecule has 0 unspecified atom stereocenters. The maximum Gasteiger partial charge on any atom is 0.371 e. The molecule has 0 saturated carbocycles. The summed E-state index contributed by atoms with van der Waals surface area (Å²) in [5.41, 5.74) is 0. The predicted octanol–water partition coefficient (Wildman–Crippen LogP) is 0.931. The van der Waals surface area contributed by atoms with Crippen LogP contribution in [0.1, 0.15) is 16.3 Å². The monoisotopic (exact) mass is 303 g/mol. The van der Waals surface area contributed by atoms with Crippen molar-refractivity contribution in [3.8, 4) is 12.3 Å². The summed E-state index contributed by atoms with van der Waals surface area (Å²) in [4.78, 5) is 10.5. The molecule has 0 spiro atoms. The maximum atomic E-state index is 11.9. The molecule has 0 aliphatic rings. The van der Waals surface area contributed by atoms with Crippen LogP contribution in [0, 0.1) is 19.3 Å². The number of rotatable bonds is 7. The number of aromatic carboxylic acids is 1. The number of hydrogen-bond donors (Lipinski definition) is 2. The normalized spacial score (nSPS) is 11.2. The fourth-order valence-corrected chi connectivity index (χ4v) is 3.14. The number of nitrogens with one attached hydrogen (secondary N) is 1. The number of aryl methyl sites for hydroxylation is 1. The van der Waals surface area contributed by atoms with Crippen LogP contribution in [0.15, 0.2) is 15.4 Å². The Hall–Kier alpha value is -1.43. The van der Waals surface area contributed by atoms with Crippen molar-refractivity contribution in [2.45, 2.75) is 11.8 Å². The Morgan fingerprint density at radius 2 is 2.32 bits per heavy atom. The molecule has 8 heteroatoms. The minimum atomic E-state index is -3.76. The molecule has 19 heavy (non-hydrogen) atoms. The average Bonchev–Trinajstić information content (AvgIpc) is 2.72. The van der Waals surface area contributed by atoms with Crippen molar-refractivity contribution in [2.75, 3.05) is 18.1 Å². The van der Waals surface area contributed by atoms with E-state index in [2.05, 4.69) is 10.6 Å². The van der Waals surface area contributed by atoms with E-state index in [9.17, 15) is 13.2 Å². The molecule has 0 fully saturated rings. The second kappa shape index (κ2) is 6.65. The number of sulfonamides is 1. The zero-order chi connectivity index (χ0) is 14.5. The first-order chi connectivity index (χ1) is 8.88. The standard InChI is InChI=1S/C11H13NO5S2/c1-3-5-18-6-4-12-19(15,16)10-7-9(11(13)14)17-8(10)2/h1,7,12H,4-6H2,2H3,(H,13,14). The summed E-state index contributed by atoms with van der Waals surface area (Å²) in [6.07, 6.45) is 5.06. The molecule has 2 N–H and O–H groups in total. The SMILES string of the molecule is C#CCSCCNS(=O)(=O)c1cc(C(=O)O)oc1C. The Morgan fingerprint density at radius 3 is 2.84 bits per heavy atom. The summed E-state index contributed by atoms with van der Waals surface area (Å²) in [5, 5.41) is 8.73. The predicted molar refractivity (Wildman–Crippen MR) is 71.8 cm³/mol. The van der Waals surface area contributed by atoms with Gasteiger partial charge >= 0.3 is 5.97 Å². The molecule has 1 aromatic rings. The number of terminal acetylenes is 1. The smallest absolute Gasteiger partial charge is 0.371 e. The highest BCUT2D eigenvalue weighted by atomic mass is 32.2. The number of carboxylic acid groups (broad SMARTS) is 1. The van der Waals surface area contributed by atoms with Crippen LogP contribution in [-0.4, -0.2) is 37.5 Å². The zero-order valence-corrected chi connectivity index (χ0v) is 11.8. The van der Waals surface area contributed by atoms with Crippen LogP contribution in [0.3, 0.4) is 0 Å². The van der Waals surface area contributed by atoms with Crippen molar-refractivity contribution in [1.29, 1.82) is 0 Å². The molecule has 104 valence electrons. The van der Waals surface area contributed by atoms with Gasteiger partial charge < -0.3 is 9.52 Å². The highest BCUT2D eigenvalue weighted by Crippen LogP contribution is 2.19. The van der Waals surface area contributed by atoms with Crippen LogP contribution in [0.2, 0.25) is 0 Å². The lowest BCUT2D eigenvalue weighted by molar-refractivity contribution is 0.0661. The number of thioether (sulfide) groups is 1. The first-order valence-corrected chi connectivity index (χ1v) is 7.87. The van der Waals surface area contributed by atoms with E-state index >= 15 is 0 Å². The van der Waals surface area contributed by atoms with E-state index in [1.165, 1.54) is 18.7 Å². The van der Waals surface area contributed by atoms with Gasteiger partial charge in [-0.1, -0.05) is 5.92 Å². The first kappa shape index (κ1) is 15.6. The lowest BCUT2D eigenvalue weighted by Crippen LogP contribution is -2.26. The molecule has 0 aliphatic heterocycles. The van der Waals surface area contributed by atoms with E-state index in [0.717, 1.165) is 6.07 Å². The van der Waals surface area contributed by atoms with Crippen molar-refractivity contribution in [2.24, 2.45) is 0 Å². The summed E-state index contributed by atoms with van der Waals surface area (Å²) in [7, 11) is -3.76. The van der Waals surface area contributed by atoms with Crippen LogP contribution >= 0.6 is 11.8 Å². The van der Waals surface area contributed by atoms with Gasteiger partial charge in [-0.25, -0.2) is 17.9 Å². The van der Waals surface area contributed by atoms with E-state index < -0.39 is 21.8 Å². The minimum Gasteiger partial charge on any atom is -0.475 e. The molecule has 0 aromatic carbocycles. The largest absolute Gasteiger partial charge is 0.475 e. The van der Waals surface area contributed by atoms with Crippen LogP contribution in [0.25, 0.3) is 0 Å². The molecule has 0 radical (unpaired) electrons. The van der Waals surface area contributed by atoms with E-state index in [0.29, 0.717) is 11.5 Å². The number of furan rings is 1. The van der Waals surface area contributed by atoms with Crippen molar-refractivity contribution in [3.05, 3.63) is 17.6 Å². The molecule has 1 aromatic heterocycles. The van der Waals surface area contributed by atoms with Gasteiger partial charge in [-0.05, 0) is 6.92 Å². The minimum absolute atomic E-state index is 0.0428. The highest BCUT2D eigenvalue weighted by Gasteiger charge is 2.23. The van der Waals surface area contributed by atoms with Gasteiger partial charge in [0.1, 0.15) is 10.7 Å². The Labute approximate surface area is 115 Å². The molecule has 0 atom stereocenters. The Morgan fingerprint density at radius 1 is 1.63 bits per heavy atom. The molecule has 1 heterocycles. The van der Waals surface area contributed by atoms with Gasteiger partial charge in [-0.2, -0.15) is 0 Å². The molecule has 0 aliphatic carbocycles. The Kier molecular flexibility index (Phi) is 5.47. The quantitative estimate of drug-likeness (QED) is 0.574. The second-order valence-electron chi connectivity index (χ2n) is 3.49. The Bertz CT molecular complexity index is 597. The topological polar surface area (TPSA) is 96.6 Å². The van der Waals surface area contributed by atoms with Gasteiger partial charge in [0.2, 0.25) is 15.8 Å². The van der Waals surface area contributed by atoms with Gasteiger partial charge in [-0.15, -0.1) is 18.2 Å². The van der Waals surface area contributed by atoms with Crippen molar-refractivity contribution in [1.82, 2.24) is 4.72 Å². The van der Waals surface area contributed by atoms with Gasteiger partial charge in [0.25, 0.3) is 0 Å². The summed E-state index contributed by atoms with van der Waals surface area (Å²) in [6, 6.07) is 0.995. The lowest BCUT2D eigenvalue weighted by atomic mass is 10.4. The van der Waals surface area contributed by atoms with Gasteiger partial charge in [0.05, 0.1) is 5.75 Å². The molecule has 0 amide bonds. The van der Waals surface area contributed by atoms with Gasteiger partial charge in [0.15, 0.2) is 0 Å². The summed E-state index contributed by atoms with van der Waals surface area (Å²) >= 11 is 1.42. The summed E-state index contributed by atoms with van der Waals surface area (Å²) in [6.45, 7) is 1.61. The third-order valence-corrected chi connectivity index (χ3v) is 4.53. The fraction of sp³-hybridized carbons (Fsp3) is 0.364. The highest BCUT2D eigenvalue weighted by molar-refractivity contribution is 7.99. The fourth-order valence-electron chi connectivity index (χ4n) is 1.29. The van der Waals surface area contributed by atoms with Gasteiger partial charge in [-0.3, -0.25) is 0 Å². The summed E-state index contributed by atoms with van der Waals surface area (Å²) < 4.78 is 31.0. The van der Waals surface area contributed by atoms with Crippen molar-refractivity contribution >= 4 is 27.8 Å². The van der Waals surface area contributed by atoms with E-state index in [1.54, 1.807) is 0 Å². The molecule has 1 rings (SSSR count). The van der Waals surface area contributed by atoms with Crippen molar-refractivity contribution in [3.63, 3.8) is 0 Å². The van der Waals surface area contributed by atoms with Crippen LogP contribution < -0.4 is 4.72 Å². The molecular weight excluding hydrogens is 290 g/mol. The van der Waals surface area contributed by atoms with Crippen LogP contribution in [-0.2, 0) is 10.0 Å². The third kappa shape index (κ3) is 4.31. The van der Waals surface area contributed by atoms with Gasteiger partial charge in [0, 0.05) is 18.4 Å². The second-order valence-corrected chi connectivity index (χ2v) is 6.33. The zero-order valence-electron chi connectivity index (χ0n) is 10.2. The maximum absolute atomic E-state index is 11.9. The van der Waals surface area contributed by atoms with Crippen molar-refractivity contribution < 1.29 is 22.7 Å². The molecule has 0 saturated heterocycles. The average molecular weight is 303 g/mol.